The number of nitrogens with one attached hydrogen (secondary N) is 1. The van der Waals surface area contributed by atoms with E-state index in [2.05, 4.69) is 23.2 Å². The van der Waals surface area contributed by atoms with Gasteiger partial charge >= 0.3 is 0 Å². The minimum absolute atomic E-state index is 0.0330. The first-order chi connectivity index (χ1) is 9.84. The number of aromatic nitrogens is 2. The summed E-state index contributed by atoms with van der Waals surface area (Å²) in [5, 5.41) is 0. The quantitative estimate of drug-likeness (QED) is 0.719. The Hall–Kier alpha value is -2.55. The molecule has 0 radical (unpaired) electrons. The largest absolute Gasteiger partial charge is 0.326 e. The van der Waals surface area contributed by atoms with Crippen molar-refractivity contribution in [2.45, 2.75) is 12.8 Å². The molecule has 1 aliphatic carbocycles. The molecule has 0 amide bonds. The minimum Gasteiger partial charge on any atom is -0.326 e. The molecule has 0 aliphatic heterocycles. The fourth-order valence-electron chi connectivity index (χ4n) is 3.00. The number of fused-ring (bicyclic) bond motifs is 3. The molecule has 3 aromatic rings. The van der Waals surface area contributed by atoms with E-state index in [-0.39, 0.29) is 5.56 Å². The topological polar surface area (TPSA) is 37.3 Å². The molecule has 3 heteroatoms. The molecule has 2 aromatic heterocycles. The summed E-state index contributed by atoms with van der Waals surface area (Å²) in [6.45, 7) is 0. The summed E-state index contributed by atoms with van der Waals surface area (Å²) in [7, 11) is 0. The maximum atomic E-state index is 11.9. The molecule has 2 heterocycles. The molecule has 20 heavy (non-hydrogen) atoms. The Morgan fingerprint density at radius 1 is 1.15 bits per heavy atom. The highest BCUT2D eigenvalue weighted by molar-refractivity contribution is 5.83. The van der Waals surface area contributed by atoms with Gasteiger partial charge in [-0.15, -0.1) is 0 Å². The standard InChI is InChI=1S/C17H14N2O/c20-17-15-11-13-7-4-8-14(12-5-2-1-3-6-12)16(13)19(15)10-9-18-17/h1-3,5-6,8-11H,4,7H2,(H,18,20). The molecule has 4 rings (SSSR count). The van der Waals surface area contributed by atoms with E-state index >= 15 is 0 Å². The third kappa shape index (κ3) is 1.56. The second kappa shape index (κ2) is 4.23. The van der Waals surface area contributed by atoms with Crippen molar-refractivity contribution in [3.05, 3.63) is 82.0 Å². The highest BCUT2D eigenvalue weighted by atomic mass is 16.1. The Morgan fingerprint density at radius 2 is 2.00 bits per heavy atom. The number of hydrogen-bond donors (Lipinski definition) is 1. The molecule has 0 spiro atoms. The van der Waals surface area contributed by atoms with Gasteiger partial charge in [-0.3, -0.25) is 4.79 Å². The van der Waals surface area contributed by atoms with Crippen LogP contribution in [0.2, 0.25) is 0 Å². The van der Waals surface area contributed by atoms with Crippen molar-refractivity contribution in [2.75, 3.05) is 0 Å². The summed E-state index contributed by atoms with van der Waals surface area (Å²) in [6.07, 6.45) is 7.91. The molecule has 0 saturated carbocycles. The van der Waals surface area contributed by atoms with Crippen LogP contribution in [0.4, 0.5) is 0 Å². The predicted octanol–water partition coefficient (Wildman–Crippen LogP) is 3.01. The Balaban J connectivity index is 2.04. The molecule has 0 unspecified atom stereocenters. The average Bonchev–Trinajstić information content (AvgIpc) is 2.88. The lowest BCUT2D eigenvalue weighted by atomic mass is 9.92. The summed E-state index contributed by atoms with van der Waals surface area (Å²) in [6, 6.07) is 12.4. The van der Waals surface area contributed by atoms with Crippen LogP contribution >= 0.6 is 0 Å². The molecule has 1 N–H and O–H groups in total. The molecular weight excluding hydrogens is 248 g/mol. The van der Waals surface area contributed by atoms with Crippen LogP contribution in [0.5, 0.6) is 0 Å². The molecule has 0 fully saturated rings. The van der Waals surface area contributed by atoms with Crippen LogP contribution in [-0.2, 0) is 6.42 Å². The Bertz CT molecular complexity index is 869. The lowest BCUT2D eigenvalue weighted by molar-refractivity contribution is 0.959. The summed E-state index contributed by atoms with van der Waals surface area (Å²) in [4.78, 5) is 14.7. The van der Waals surface area contributed by atoms with Crippen molar-refractivity contribution in [1.29, 1.82) is 0 Å². The maximum absolute atomic E-state index is 11.9. The van der Waals surface area contributed by atoms with Gasteiger partial charge in [0.25, 0.3) is 5.56 Å². The van der Waals surface area contributed by atoms with Crippen molar-refractivity contribution in [3.8, 4) is 0 Å². The second-order valence-corrected chi connectivity index (χ2v) is 5.09. The van der Waals surface area contributed by atoms with E-state index in [1.807, 2.05) is 34.9 Å². The zero-order chi connectivity index (χ0) is 13.5. The van der Waals surface area contributed by atoms with Gasteiger partial charge < -0.3 is 9.38 Å². The smallest absolute Gasteiger partial charge is 0.272 e. The van der Waals surface area contributed by atoms with Crippen molar-refractivity contribution < 1.29 is 0 Å². The number of allylic oxidation sites excluding steroid dienone is 1. The summed E-state index contributed by atoms with van der Waals surface area (Å²) >= 11 is 0. The van der Waals surface area contributed by atoms with E-state index in [0.29, 0.717) is 0 Å². The van der Waals surface area contributed by atoms with Crippen molar-refractivity contribution in [3.63, 3.8) is 0 Å². The zero-order valence-electron chi connectivity index (χ0n) is 11.0. The first-order valence-electron chi connectivity index (χ1n) is 6.82. The number of rotatable bonds is 1. The molecule has 0 bridgehead atoms. The average molecular weight is 262 g/mol. The highest BCUT2D eigenvalue weighted by Gasteiger charge is 2.19. The Kier molecular flexibility index (Phi) is 2.39. The summed E-state index contributed by atoms with van der Waals surface area (Å²) in [5.74, 6) is 0. The van der Waals surface area contributed by atoms with Crippen LogP contribution in [0, 0.1) is 0 Å². The molecule has 1 aliphatic rings. The van der Waals surface area contributed by atoms with E-state index in [1.54, 1.807) is 6.20 Å². The van der Waals surface area contributed by atoms with Gasteiger partial charge in [-0.25, -0.2) is 0 Å². The first-order valence-corrected chi connectivity index (χ1v) is 6.82. The maximum Gasteiger partial charge on any atom is 0.272 e. The van der Waals surface area contributed by atoms with Crippen LogP contribution in [0.25, 0.3) is 11.1 Å². The normalized spacial score (nSPS) is 14.1. The predicted molar refractivity (Wildman–Crippen MR) is 79.9 cm³/mol. The van der Waals surface area contributed by atoms with Crippen LogP contribution in [-0.4, -0.2) is 9.38 Å². The van der Waals surface area contributed by atoms with Crippen molar-refractivity contribution in [1.82, 2.24) is 9.38 Å². The summed E-state index contributed by atoms with van der Waals surface area (Å²) < 4.78 is 2.01. The third-order valence-electron chi connectivity index (χ3n) is 3.89. The first kappa shape index (κ1) is 11.3. The van der Waals surface area contributed by atoms with Crippen molar-refractivity contribution in [2.24, 2.45) is 0 Å². The van der Waals surface area contributed by atoms with Gasteiger partial charge in [-0.05, 0) is 30.0 Å². The molecular formula is C17H14N2O. The Morgan fingerprint density at radius 3 is 2.85 bits per heavy atom. The van der Waals surface area contributed by atoms with Crippen molar-refractivity contribution >= 4 is 11.1 Å². The number of H-pyrrole nitrogens is 1. The Labute approximate surface area is 116 Å². The molecule has 1 aromatic carbocycles. The third-order valence-corrected chi connectivity index (χ3v) is 3.89. The fraction of sp³-hybridized carbons (Fsp3) is 0.118. The van der Waals surface area contributed by atoms with Crippen LogP contribution < -0.4 is 5.56 Å². The van der Waals surface area contributed by atoms with Gasteiger partial charge in [0, 0.05) is 18.0 Å². The second-order valence-electron chi connectivity index (χ2n) is 5.09. The van der Waals surface area contributed by atoms with Gasteiger partial charge in [0.15, 0.2) is 0 Å². The summed E-state index contributed by atoms with van der Waals surface area (Å²) in [5.41, 5.74) is 5.52. The lowest BCUT2D eigenvalue weighted by Gasteiger charge is -2.15. The molecule has 0 atom stereocenters. The van der Waals surface area contributed by atoms with E-state index in [9.17, 15) is 4.79 Å². The van der Waals surface area contributed by atoms with E-state index < -0.39 is 0 Å². The minimum atomic E-state index is -0.0330. The van der Waals surface area contributed by atoms with E-state index in [0.717, 1.165) is 24.1 Å². The van der Waals surface area contributed by atoms with Gasteiger partial charge in [0.1, 0.15) is 5.52 Å². The molecule has 98 valence electrons. The fourth-order valence-corrected chi connectivity index (χ4v) is 3.00. The van der Waals surface area contributed by atoms with Crippen LogP contribution in [0.1, 0.15) is 23.2 Å². The van der Waals surface area contributed by atoms with Gasteiger partial charge in [-0.1, -0.05) is 36.4 Å². The van der Waals surface area contributed by atoms with E-state index in [1.165, 1.54) is 16.7 Å². The SMILES string of the molecule is O=c1[nH]ccn2c3c(cc12)CCC=C3c1ccccc1. The monoisotopic (exact) mass is 262 g/mol. The van der Waals surface area contributed by atoms with E-state index in [4.69, 9.17) is 0 Å². The number of aryl methyl sites for hydroxylation is 1. The molecule has 3 nitrogen and oxygen atoms in total. The number of benzene rings is 1. The highest BCUT2D eigenvalue weighted by Crippen LogP contribution is 2.32. The number of aromatic amines is 1. The van der Waals surface area contributed by atoms with Gasteiger partial charge in [0.2, 0.25) is 0 Å². The number of nitrogens with zero attached hydrogens (tertiary/aromatic N) is 1. The van der Waals surface area contributed by atoms with Crippen LogP contribution in [0.15, 0.2) is 59.7 Å². The van der Waals surface area contributed by atoms with Gasteiger partial charge in [-0.2, -0.15) is 0 Å². The zero-order valence-corrected chi connectivity index (χ0v) is 11.0. The number of hydrogen-bond acceptors (Lipinski definition) is 1. The molecule has 0 saturated heterocycles. The van der Waals surface area contributed by atoms with Crippen LogP contribution in [0.3, 0.4) is 0 Å². The van der Waals surface area contributed by atoms with Gasteiger partial charge in [0.05, 0.1) is 5.69 Å². The lowest BCUT2D eigenvalue weighted by Crippen LogP contribution is -2.09.